The first kappa shape index (κ1) is 21.2. The highest BCUT2D eigenvalue weighted by molar-refractivity contribution is 7.89. The van der Waals surface area contributed by atoms with Crippen LogP contribution in [0.25, 0.3) is 5.69 Å². The lowest BCUT2D eigenvalue weighted by molar-refractivity contribution is -0.304. The van der Waals surface area contributed by atoms with E-state index in [1.165, 1.54) is 23.0 Å². The minimum absolute atomic E-state index is 0.0675. The number of nitrogens with one attached hydrogen (secondary N) is 1. The summed E-state index contributed by atoms with van der Waals surface area (Å²) in [5.74, 6) is 0. The minimum atomic E-state index is -3.82. The molecule has 0 radical (unpaired) electrons. The third kappa shape index (κ3) is 3.73. The first-order valence-electron chi connectivity index (χ1n) is 8.89. The number of sulfonamides is 1. The molecule has 3 heterocycles. The molecule has 6 N–H and O–H groups in total. The van der Waals surface area contributed by atoms with Crippen LogP contribution < -0.4 is 4.72 Å². The lowest BCUT2D eigenvalue weighted by atomic mass is 9.99. The van der Waals surface area contributed by atoms with Crippen LogP contribution in [-0.2, 0) is 26.1 Å². The normalized spacial score (nSPS) is 32.8. The number of benzene rings is 1. The Hall–Kier alpha value is -2.01. The zero-order valence-electron chi connectivity index (χ0n) is 15.3. The summed E-state index contributed by atoms with van der Waals surface area (Å²) >= 11 is 0. The van der Waals surface area contributed by atoms with Gasteiger partial charge in [-0.05, 0) is 12.1 Å². The minimum Gasteiger partial charge on any atom is -0.394 e. The fourth-order valence-electron chi connectivity index (χ4n) is 3.26. The Balaban J connectivity index is 1.47. The van der Waals surface area contributed by atoms with Crippen molar-refractivity contribution in [2.75, 3.05) is 6.61 Å². The summed E-state index contributed by atoms with van der Waals surface area (Å²) in [6, 6.07) is 4.35. The maximum atomic E-state index is 12.0. The van der Waals surface area contributed by atoms with E-state index in [1.807, 2.05) is 0 Å². The topological polar surface area (TPSA) is 196 Å². The van der Waals surface area contributed by atoms with Crippen molar-refractivity contribution in [3.05, 3.63) is 35.7 Å². The number of hydrogen-bond acceptors (Lipinski definition) is 11. The standard InChI is InChI=1S/C16H20N4O9S/c21-5-10-12(22)13(23)14(24)16(29-10)28-6-7-4-20(19-17-7)8-1-2-9-11(3-8)30(26,27)18-15(9)25/h1-4,10,12-16,18,21-25H,5-6H2/t10-,12+,13-,14+,15-,16+/m0/s1. The van der Waals surface area contributed by atoms with Gasteiger partial charge in [0.05, 0.1) is 30.0 Å². The number of hydrogen-bond donors (Lipinski definition) is 6. The van der Waals surface area contributed by atoms with Gasteiger partial charge >= 0.3 is 0 Å². The number of aliphatic hydroxyl groups excluding tert-OH is 5. The van der Waals surface area contributed by atoms with Crippen LogP contribution in [0.15, 0.2) is 29.3 Å². The molecule has 0 amide bonds. The molecule has 0 bridgehead atoms. The molecule has 1 aromatic carbocycles. The largest absolute Gasteiger partial charge is 0.394 e. The van der Waals surface area contributed by atoms with E-state index in [1.54, 1.807) is 6.07 Å². The Labute approximate surface area is 170 Å². The first-order valence-corrected chi connectivity index (χ1v) is 10.4. The van der Waals surface area contributed by atoms with Gasteiger partial charge in [-0.15, -0.1) is 5.10 Å². The zero-order valence-corrected chi connectivity index (χ0v) is 16.1. The predicted molar refractivity (Wildman–Crippen MR) is 95.2 cm³/mol. The van der Waals surface area contributed by atoms with E-state index in [4.69, 9.17) is 9.47 Å². The van der Waals surface area contributed by atoms with E-state index in [0.717, 1.165) is 0 Å². The molecule has 164 valence electrons. The number of aliphatic hydroxyl groups is 5. The van der Waals surface area contributed by atoms with Gasteiger partial charge in [-0.25, -0.2) is 13.1 Å². The van der Waals surface area contributed by atoms with E-state index >= 15 is 0 Å². The molecule has 0 unspecified atom stereocenters. The van der Waals surface area contributed by atoms with Crippen LogP contribution in [-0.4, -0.2) is 86.3 Å². The fraction of sp³-hybridized carbons (Fsp3) is 0.500. The van der Waals surface area contributed by atoms with Gasteiger partial charge in [0, 0.05) is 5.56 Å². The number of rotatable bonds is 5. The third-order valence-corrected chi connectivity index (χ3v) is 6.36. The van der Waals surface area contributed by atoms with Crippen molar-refractivity contribution in [1.82, 2.24) is 19.7 Å². The van der Waals surface area contributed by atoms with E-state index in [2.05, 4.69) is 15.0 Å². The quantitative estimate of drug-likeness (QED) is 0.273. The van der Waals surface area contributed by atoms with Gasteiger partial charge in [-0.2, -0.15) is 4.72 Å². The maximum Gasteiger partial charge on any atom is 0.243 e. The van der Waals surface area contributed by atoms with E-state index in [0.29, 0.717) is 11.4 Å². The average molecular weight is 444 g/mol. The lowest BCUT2D eigenvalue weighted by Crippen LogP contribution is -2.59. The molecule has 1 fully saturated rings. The third-order valence-electron chi connectivity index (χ3n) is 4.90. The van der Waals surface area contributed by atoms with Crippen LogP contribution in [0.3, 0.4) is 0 Å². The van der Waals surface area contributed by atoms with Crippen molar-refractivity contribution in [2.24, 2.45) is 0 Å². The van der Waals surface area contributed by atoms with Crippen molar-refractivity contribution < 1.29 is 43.4 Å². The summed E-state index contributed by atoms with van der Waals surface area (Å²) in [7, 11) is -3.82. The molecule has 2 aliphatic rings. The highest BCUT2D eigenvalue weighted by atomic mass is 32.2. The molecule has 4 rings (SSSR count). The van der Waals surface area contributed by atoms with Gasteiger partial charge in [-0.1, -0.05) is 11.3 Å². The van der Waals surface area contributed by atoms with E-state index in [9.17, 15) is 34.0 Å². The van der Waals surface area contributed by atoms with Crippen molar-refractivity contribution in [3.8, 4) is 5.69 Å². The molecular formula is C16H20N4O9S. The Bertz CT molecular complexity index is 1030. The van der Waals surface area contributed by atoms with Gasteiger partial charge in [0.2, 0.25) is 10.0 Å². The van der Waals surface area contributed by atoms with Crippen molar-refractivity contribution in [1.29, 1.82) is 0 Å². The second-order valence-electron chi connectivity index (χ2n) is 6.91. The molecule has 2 aromatic rings. The molecule has 6 atom stereocenters. The Morgan fingerprint density at radius 1 is 1.17 bits per heavy atom. The summed E-state index contributed by atoms with van der Waals surface area (Å²) in [6.07, 6.45) is -6.86. The molecule has 14 heteroatoms. The van der Waals surface area contributed by atoms with Crippen LogP contribution in [0.2, 0.25) is 0 Å². The molecule has 0 spiro atoms. The number of ether oxygens (including phenoxy) is 2. The van der Waals surface area contributed by atoms with Gasteiger partial charge in [0.15, 0.2) is 6.29 Å². The number of aromatic nitrogens is 3. The first-order chi connectivity index (χ1) is 14.2. The molecule has 2 aliphatic heterocycles. The van der Waals surface area contributed by atoms with Crippen LogP contribution >= 0.6 is 0 Å². The molecule has 0 aliphatic carbocycles. The van der Waals surface area contributed by atoms with Gasteiger partial charge < -0.3 is 35.0 Å². The van der Waals surface area contributed by atoms with Crippen molar-refractivity contribution >= 4 is 10.0 Å². The Morgan fingerprint density at radius 2 is 1.93 bits per heavy atom. The van der Waals surface area contributed by atoms with Crippen LogP contribution in [0.1, 0.15) is 17.5 Å². The molecule has 1 saturated heterocycles. The average Bonchev–Trinajstić information content (AvgIpc) is 3.28. The van der Waals surface area contributed by atoms with Gasteiger partial charge in [-0.3, -0.25) is 0 Å². The van der Waals surface area contributed by atoms with Gasteiger partial charge in [0.25, 0.3) is 0 Å². The smallest absolute Gasteiger partial charge is 0.243 e. The summed E-state index contributed by atoms with van der Waals surface area (Å²) in [5.41, 5.74) is 0.901. The highest BCUT2D eigenvalue weighted by Crippen LogP contribution is 2.30. The lowest BCUT2D eigenvalue weighted by Gasteiger charge is -2.39. The monoisotopic (exact) mass is 444 g/mol. The summed E-state index contributed by atoms with van der Waals surface area (Å²) in [5, 5.41) is 56.3. The number of nitrogens with zero attached hydrogens (tertiary/aromatic N) is 3. The number of fused-ring (bicyclic) bond motifs is 1. The highest BCUT2D eigenvalue weighted by Gasteiger charge is 2.44. The van der Waals surface area contributed by atoms with Crippen LogP contribution in [0, 0.1) is 0 Å². The maximum absolute atomic E-state index is 12.0. The molecule has 1 aromatic heterocycles. The Morgan fingerprint density at radius 3 is 2.67 bits per heavy atom. The van der Waals surface area contributed by atoms with E-state index in [-0.39, 0.29) is 17.1 Å². The molecule has 0 saturated carbocycles. The summed E-state index contributed by atoms with van der Waals surface area (Å²) < 4.78 is 38.1. The zero-order chi connectivity index (χ0) is 21.6. The molecule has 13 nitrogen and oxygen atoms in total. The second kappa shape index (κ2) is 7.92. The summed E-state index contributed by atoms with van der Waals surface area (Å²) in [6.45, 7) is -0.766. The molecular weight excluding hydrogens is 424 g/mol. The van der Waals surface area contributed by atoms with Crippen LogP contribution in [0.5, 0.6) is 0 Å². The van der Waals surface area contributed by atoms with Crippen LogP contribution in [0.4, 0.5) is 0 Å². The predicted octanol–water partition coefficient (Wildman–Crippen LogP) is -3.13. The Kier molecular flexibility index (Phi) is 5.60. The SMILES string of the molecule is O=S1(=O)N[C@@H](O)c2ccc(-n3cc(CO[C@@H]4O[C@@H](CO)[C@@H](O)[C@H](O)[C@H]4O)nn3)cc21. The van der Waals surface area contributed by atoms with Crippen molar-refractivity contribution in [3.63, 3.8) is 0 Å². The summed E-state index contributed by atoms with van der Waals surface area (Å²) in [4.78, 5) is -0.0675. The van der Waals surface area contributed by atoms with Crippen molar-refractivity contribution in [2.45, 2.75) is 48.4 Å². The van der Waals surface area contributed by atoms with E-state index < -0.39 is 53.6 Å². The molecule has 30 heavy (non-hydrogen) atoms. The fourth-order valence-corrected chi connectivity index (χ4v) is 4.58. The van der Waals surface area contributed by atoms with Gasteiger partial charge in [0.1, 0.15) is 36.3 Å². The second-order valence-corrected chi connectivity index (χ2v) is 8.59.